The van der Waals surface area contributed by atoms with Crippen LogP contribution in [-0.2, 0) is 0 Å². The molecule has 0 fully saturated rings. The number of benzene rings is 6. The highest BCUT2D eigenvalue weighted by Crippen LogP contribution is 2.35. The average Bonchev–Trinajstić information content (AvgIpc) is 3.81. The zero-order chi connectivity index (χ0) is 40.2. The summed E-state index contributed by atoms with van der Waals surface area (Å²) < 4.78 is 0. The number of aromatic amines is 2. The van der Waals surface area contributed by atoms with Gasteiger partial charge < -0.3 is 20.6 Å². The highest BCUT2D eigenvalue weighted by atomic mass is 35.5. The summed E-state index contributed by atoms with van der Waals surface area (Å²) >= 11 is 25.0. The molecule has 4 N–H and O–H groups in total. The molecule has 10 nitrogen and oxygen atoms in total. The van der Waals surface area contributed by atoms with Crippen LogP contribution in [0.15, 0.2) is 121 Å². The Hall–Kier alpha value is -6.48. The van der Waals surface area contributed by atoms with E-state index in [1.54, 1.807) is 121 Å². The molecular formula is C43H27Cl4N7O3. The smallest absolute Gasteiger partial charge is 0.255 e. The highest BCUT2D eigenvalue weighted by molar-refractivity contribution is 6.39. The molecule has 2 heterocycles. The predicted molar refractivity (Wildman–Crippen MR) is 227 cm³/mol. The van der Waals surface area contributed by atoms with Gasteiger partial charge >= 0.3 is 0 Å². The van der Waals surface area contributed by atoms with Crippen molar-refractivity contribution < 1.29 is 14.4 Å². The van der Waals surface area contributed by atoms with Gasteiger partial charge in [-0.05, 0) is 97.9 Å². The summed E-state index contributed by atoms with van der Waals surface area (Å²) in [7, 11) is 0. The summed E-state index contributed by atoms with van der Waals surface area (Å²) in [6.07, 6.45) is 0. The lowest BCUT2D eigenvalue weighted by atomic mass is 10.1. The van der Waals surface area contributed by atoms with E-state index in [1.165, 1.54) is 6.92 Å². The summed E-state index contributed by atoms with van der Waals surface area (Å²) in [5.74, 6) is 0.418. The van der Waals surface area contributed by atoms with Gasteiger partial charge in [-0.25, -0.2) is 9.97 Å². The van der Waals surface area contributed by atoms with Gasteiger partial charge in [-0.3, -0.25) is 14.4 Å². The first-order valence-corrected chi connectivity index (χ1v) is 18.6. The number of nitrogens with zero attached hydrogens (tertiary/aromatic N) is 3. The second-order valence-corrected chi connectivity index (χ2v) is 14.2. The molecule has 14 heteroatoms. The first-order valence-electron chi connectivity index (χ1n) is 17.1. The summed E-state index contributed by atoms with van der Waals surface area (Å²) in [4.78, 5) is 52.1. The molecular weight excluding hydrogens is 804 g/mol. The maximum atomic E-state index is 12.7. The van der Waals surface area contributed by atoms with Crippen LogP contribution in [0.4, 0.5) is 11.4 Å². The standard InChI is InChI=1S/C22H15Cl2N3O2.C21H12Cl2N4O/c1-12(28)13-4-2-5-15(10-13)25-22(29)14-8-9-18-19(11-14)27-21(26-18)20-16(23)6-3-7-17(20)24;22-15-5-2-6-16(23)19(15)20-26-17-8-7-13(10-18(17)27-20)21(28)25-14-4-1-3-12(9-14)11-24/h2-11H,1H3,(H,25,29)(H,26,27);1-10H,(H,25,28)(H,26,27). The second kappa shape index (κ2) is 16.7. The monoisotopic (exact) mass is 829 g/mol. The molecule has 6 aromatic carbocycles. The molecule has 2 amide bonds. The number of Topliss-reactive ketones (excluding diaryl/α,β-unsaturated/α-hetero) is 1. The van der Waals surface area contributed by atoms with Crippen LogP contribution in [0.2, 0.25) is 20.1 Å². The number of nitriles is 1. The molecule has 0 atom stereocenters. The fourth-order valence-corrected chi connectivity index (χ4v) is 7.03. The van der Waals surface area contributed by atoms with Crippen LogP contribution in [-0.4, -0.2) is 37.5 Å². The number of H-pyrrole nitrogens is 2. The maximum Gasteiger partial charge on any atom is 0.255 e. The SMILES string of the molecule is CC(=O)c1cccc(NC(=O)c2ccc3nc(-c4c(Cl)cccc4Cl)[nH]c3c2)c1.N#Cc1cccc(NC(=O)c2ccc3nc(-c4c(Cl)cccc4Cl)[nH]c3c2)c1. The molecule has 0 bridgehead atoms. The van der Waals surface area contributed by atoms with Crippen LogP contribution in [0.1, 0.15) is 43.6 Å². The summed E-state index contributed by atoms with van der Waals surface area (Å²) in [5, 5.41) is 16.5. The Labute approximate surface area is 345 Å². The number of rotatable bonds is 7. The van der Waals surface area contributed by atoms with E-state index in [9.17, 15) is 14.4 Å². The predicted octanol–water partition coefficient (Wildman–Crippen LogP) is 11.7. The van der Waals surface area contributed by atoms with Crippen molar-refractivity contribution in [2.75, 3.05) is 10.6 Å². The van der Waals surface area contributed by atoms with Crippen molar-refractivity contribution in [1.29, 1.82) is 5.26 Å². The lowest BCUT2D eigenvalue weighted by Gasteiger charge is -2.06. The van der Waals surface area contributed by atoms with Crippen LogP contribution in [0.25, 0.3) is 44.8 Å². The summed E-state index contributed by atoms with van der Waals surface area (Å²) in [5.41, 5.74) is 6.98. The topological polar surface area (TPSA) is 156 Å². The number of imidazole rings is 2. The maximum absolute atomic E-state index is 12.7. The van der Waals surface area contributed by atoms with Crippen molar-refractivity contribution in [3.05, 3.63) is 164 Å². The Morgan fingerprint density at radius 3 is 1.46 bits per heavy atom. The zero-order valence-corrected chi connectivity index (χ0v) is 32.6. The Morgan fingerprint density at radius 2 is 1.00 bits per heavy atom. The molecule has 8 rings (SSSR count). The number of fused-ring (bicyclic) bond motifs is 2. The van der Waals surface area contributed by atoms with Crippen molar-refractivity contribution >= 4 is 97.4 Å². The van der Waals surface area contributed by atoms with Gasteiger partial charge in [-0.15, -0.1) is 0 Å². The molecule has 8 aromatic rings. The average molecular weight is 832 g/mol. The molecule has 0 saturated carbocycles. The van der Waals surface area contributed by atoms with Gasteiger partial charge in [0.05, 0.1) is 64.9 Å². The largest absolute Gasteiger partial charge is 0.338 e. The number of nitrogens with one attached hydrogen (secondary N) is 4. The number of carbonyl (C=O) groups excluding carboxylic acids is 3. The van der Waals surface area contributed by atoms with Crippen molar-refractivity contribution in [2.24, 2.45) is 0 Å². The van der Waals surface area contributed by atoms with Crippen LogP contribution in [0, 0.1) is 11.3 Å². The van der Waals surface area contributed by atoms with Crippen LogP contribution < -0.4 is 10.6 Å². The van der Waals surface area contributed by atoms with Crippen LogP contribution >= 0.6 is 46.4 Å². The molecule has 0 aliphatic carbocycles. The Morgan fingerprint density at radius 1 is 0.561 bits per heavy atom. The third-order valence-corrected chi connectivity index (χ3v) is 9.92. The molecule has 0 aliphatic heterocycles. The Bertz CT molecular complexity index is 2870. The highest BCUT2D eigenvalue weighted by Gasteiger charge is 2.16. The van der Waals surface area contributed by atoms with E-state index in [1.807, 2.05) is 6.07 Å². The van der Waals surface area contributed by atoms with E-state index < -0.39 is 0 Å². The number of halogens is 4. The van der Waals surface area contributed by atoms with E-state index in [2.05, 4.69) is 30.6 Å². The lowest BCUT2D eigenvalue weighted by molar-refractivity contribution is 0.101. The van der Waals surface area contributed by atoms with Gasteiger partial charge in [0.25, 0.3) is 11.8 Å². The number of amides is 2. The first-order chi connectivity index (χ1) is 27.5. The second-order valence-electron chi connectivity index (χ2n) is 12.6. The molecule has 0 saturated heterocycles. The fourth-order valence-electron chi connectivity index (χ4n) is 5.88. The van der Waals surface area contributed by atoms with Gasteiger partial charge in [0.2, 0.25) is 0 Å². The van der Waals surface area contributed by atoms with Crippen molar-refractivity contribution in [3.63, 3.8) is 0 Å². The minimum Gasteiger partial charge on any atom is -0.338 e. The molecule has 0 unspecified atom stereocenters. The molecule has 0 aliphatic rings. The number of anilines is 2. The Balaban J connectivity index is 0.000000174. The lowest BCUT2D eigenvalue weighted by Crippen LogP contribution is -2.12. The van der Waals surface area contributed by atoms with E-state index in [0.29, 0.717) is 98.6 Å². The number of ketones is 1. The normalized spacial score (nSPS) is 10.7. The van der Waals surface area contributed by atoms with Crippen LogP contribution in [0.3, 0.4) is 0 Å². The van der Waals surface area contributed by atoms with Crippen LogP contribution in [0.5, 0.6) is 0 Å². The number of hydrogen-bond donors (Lipinski definition) is 4. The van der Waals surface area contributed by atoms with Gasteiger partial charge in [-0.2, -0.15) is 5.26 Å². The van der Waals surface area contributed by atoms with Crippen molar-refractivity contribution in [2.45, 2.75) is 6.92 Å². The Kier molecular flexibility index (Phi) is 11.4. The minimum atomic E-state index is -0.292. The fraction of sp³-hybridized carbons (Fsp3) is 0.0233. The molecule has 2 aromatic heterocycles. The van der Waals surface area contributed by atoms with Gasteiger partial charge in [-0.1, -0.05) is 76.7 Å². The number of hydrogen-bond acceptors (Lipinski definition) is 6. The van der Waals surface area contributed by atoms with Gasteiger partial charge in [0, 0.05) is 28.1 Å². The molecule has 0 spiro atoms. The number of carbonyl (C=O) groups is 3. The van der Waals surface area contributed by atoms with E-state index >= 15 is 0 Å². The van der Waals surface area contributed by atoms with E-state index in [0.717, 1.165) is 0 Å². The van der Waals surface area contributed by atoms with Crippen molar-refractivity contribution in [1.82, 2.24) is 19.9 Å². The van der Waals surface area contributed by atoms with E-state index in [4.69, 9.17) is 51.7 Å². The third-order valence-electron chi connectivity index (χ3n) is 8.66. The third kappa shape index (κ3) is 8.68. The van der Waals surface area contributed by atoms with Gasteiger partial charge in [0.1, 0.15) is 11.6 Å². The number of aromatic nitrogens is 4. The minimum absolute atomic E-state index is 0.0641. The van der Waals surface area contributed by atoms with Crippen molar-refractivity contribution in [3.8, 4) is 28.8 Å². The van der Waals surface area contributed by atoms with E-state index in [-0.39, 0.29) is 17.6 Å². The zero-order valence-electron chi connectivity index (χ0n) is 29.6. The molecule has 57 heavy (non-hydrogen) atoms. The molecule has 0 radical (unpaired) electrons. The summed E-state index contributed by atoms with van der Waals surface area (Å²) in [6.45, 7) is 1.48. The summed E-state index contributed by atoms with van der Waals surface area (Å²) in [6, 6.07) is 36.4. The molecule has 280 valence electrons. The van der Waals surface area contributed by atoms with Gasteiger partial charge in [0.15, 0.2) is 5.78 Å². The first kappa shape index (κ1) is 38.8. The quantitative estimate of drug-likeness (QED) is 0.117.